The zero-order chi connectivity index (χ0) is 22.7. The van der Waals surface area contributed by atoms with Gasteiger partial charge < -0.3 is 9.64 Å². The van der Waals surface area contributed by atoms with E-state index in [0.29, 0.717) is 29.7 Å². The van der Waals surface area contributed by atoms with Crippen molar-refractivity contribution < 1.29 is 9.53 Å². The van der Waals surface area contributed by atoms with Gasteiger partial charge in [-0.25, -0.2) is 9.97 Å². The molecule has 1 amide bonds. The summed E-state index contributed by atoms with van der Waals surface area (Å²) in [5.41, 5.74) is 2.93. The molecule has 176 valence electrons. The molecule has 0 aliphatic rings. The number of amides is 1. The Morgan fingerprint density at radius 3 is 2.61 bits per heavy atom. The Morgan fingerprint density at radius 1 is 1.09 bits per heavy atom. The summed E-state index contributed by atoms with van der Waals surface area (Å²) in [6, 6.07) is 11.6. The molecular formula is C24H30ClN5O2S. The van der Waals surface area contributed by atoms with Crippen LogP contribution in [0.4, 0.5) is 5.13 Å². The number of carbonyl (C=O) groups is 1. The number of aromatic nitrogens is 3. The number of thiazole rings is 1. The average molecular weight is 488 g/mol. The van der Waals surface area contributed by atoms with Gasteiger partial charge in [0.1, 0.15) is 17.1 Å². The maximum absolute atomic E-state index is 13.9. The largest absolute Gasteiger partial charge is 0.494 e. The number of nitrogens with zero attached hydrogens (tertiary/aromatic N) is 5. The number of rotatable bonds is 9. The minimum Gasteiger partial charge on any atom is -0.494 e. The van der Waals surface area contributed by atoms with Gasteiger partial charge in [0, 0.05) is 19.3 Å². The SMILES string of the molecule is CCOc1ccc2nc(N(CCN(CC)CC)C(=O)c3c(C)nc4ccccn34)sc2c1.Cl. The quantitative estimate of drug-likeness (QED) is 0.330. The maximum atomic E-state index is 13.9. The monoisotopic (exact) mass is 487 g/mol. The highest BCUT2D eigenvalue weighted by atomic mass is 35.5. The lowest BCUT2D eigenvalue weighted by molar-refractivity contribution is 0.0977. The minimum atomic E-state index is -0.0857. The van der Waals surface area contributed by atoms with Crippen LogP contribution >= 0.6 is 23.7 Å². The summed E-state index contributed by atoms with van der Waals surface area (Å²) in [6.45, 7) is 11.9. The number of halogens is 1. The van der Waals surface area contributed by atoms with E-state index in [0.717, 1.165) is 41.2 Å². The van der Waals surface area contributed by atoms with Crippen LogP contribution in [-0.2, 0) is 0 Å². The smallest absolute Gasteiger partial charge is 0.279 e. The molecule has 3 heterocycles. The highest BCUT2D eigenvalue weighted by molar-refractivity contribution is 7.22. The van der Waals surface area contributed by atoms with E-state index in [1.807, 2.05) is 60.8 Å². The number of pyridine rings is 1. The van der Waals surface area contributed by atoms with E-state index in [9.17, 15) is 4.79 Å². The summed E-state index contributed by atoms with van der Waals surface area (Å²) in [6.07, 6.45) is 1.89. The van der Waals surface area contributed by atoms with Crippen molar-refractivity contribution >= 4 is 50.6 Å². The van der Waals surface area contributed by atoms with Gasteiger partial charge in [-0.05, 0) is 57.3 Å². The van der Waals surface area contributed by atoms with Crippen molar-refractivity contribution in [2.24, 2.45) is 0 Å². The number of ether oxygens (including phenoxy) is 1. The summed E-state index contributed by atoms with van der Waals surface area (Å²) >= 11 is 1.51. The zero-order valence-corrected chi connectivity index (χ0v) is 21.1. The molecule has 0 N–H and O–H groups in total. The molecule has 4 aromatic rings. The fourth-order valence-corrected chi connectivity index (χ4v) is 4.85. The number of anilines is 1. The first-order valence-corrected chi connectivity index (χ1v) is 11.9. The predicted octanol–water partition coefficient (Wildman–Crippen LogP) is 5.06. The van der Waals surface area contributed by atoms with Crippen LogP contribution in [0.15, 0.2) is 42.6 Å². The number of fused-ring (bicyclic) bond motifs is 2. The fraction of sp³-hybridized carbons (Fsp3) is 0.375. The third kappa shape index (κ3) is 5.13. The summed E-state index contributed by atoms with van der Waals surface area (Å²) < 4.78 is 8.51. The van der Waals surface area contributed by atoms with Crippen LogP contribution in [0.1, 0.15) is 37.0 Å². The van der Waals surface area contributed by atoms with Crippen LogP contribution in [0.25, 0.3) is 15.9 Å². The predicted molar refractivity (Wildman–Crippen MR) is 137 cm³/mol. The van der Waals surface area contributed by atoms with Crippen LogP contribution in [0.3, 0.4) is 0 Å². The van der Waals surface area contributed by atoms with Crippen LogP contribution in [0.2, 0.25) is 0 Å². The van der Waals surface area contributed by atoms with E-state index in [1.54, 1.807) is 4.90 Å². The van der Waals surface area contributed by atoms with E-state index < -0.39 is 0 Å². The Kier molecular flexibility index (Phi) is 8.29. The molecule has 9 heteroatoms. The molecule has 33 heavy (non-hydrogen) atoms. The number of hydrogen-bond acceptors (Lipinski definition) is 6. The molecule has 7 nitrogen and oxygen atoms in total. The lowest BCUT2D eigenvalue weighted by Crippen LogP contribution is -2.39. The van der Waals surface area contributed by atoms with Gasteiger partial charge in [0.25, 0.3) is 5.91 Å². The second-order valence-electron chi connectivity index (χ2n) is 7.52. The summed E-state index contributed by atoms with van der Waals surface area (Å²) in [5, 5.41) is 0.691. The van der Waals surface area contributed by atoms with E-state index in [-0.39, 0.29) is 18.3 Å². The Labute approximate surface area is 204 Å². The minimum absolute atomic E-state index is 0. The van der Waals surface area contributed by atoms with Crippen molar-refractivity contribution in [2.75, 3.05) is 37.7 Å². The molecule has 0 aliphatic carbocycles. The van der Waals surface area contributed by atoms with Crippen LogP contribution in [0, 0.1) is 6.92 Å². The number of benzene rings is 1. The molecular weight excluding hydrogens is 458 g/mol. The standard InChI is InChI=1S/C24H29N5O2S.ClH/c1-5-27(6-2)14-15-29(23(30)22-17(4)25-21-10-8-9-13-28(21)22)24-26-19-12-11-18(31-7-3)16-20(19)32-24;/h8-13,16H,5-7,14-15H2,1-4H3;1H. The molecule has 0 radical (unpaired) electrons. The first-order valence-electron chi connectivity index (χ1n) is 11.1. The van der Waals surface area contributed by atoms with Crippen LogP contribution < -0.4 is 9.64 Å². The normalized spacial score (nSPS) is 11.2. The topological polar surface area (TPSA) is 63.0 Å². The van der Waals surface area contributed by atoms with Gasteiger partial charge in [0.2, 0.25) is 0 Å². The second kappa shape index (κ2) is 11.0. The molecule has 4 rings (SSSR count). The van der Waals surface area contributed by atoms with Crippen molar-refractivity contribution in [2.45, 2.75) is 27.7 Å². The second-order valence-corrected chi connectivity index (χ2v) is 8.53. The number of likely N-dealkylation sites (N-methyl/N-ethyl adjacent to an activating group) is 1. The van der Waals surface area contributed by atoms with E-state index in [1.165, 1.54) is 11.3 Å². The summed E-state index contributed by atoms with van der Waals surface area (Å²) in [5.74, 6) is 0.728. The third-order valence-electron chi connectivity index (χ3n) is 5.58. The Hall–Kier alpha value is -2.68. The number of hydrogen-bond donors (Lipinski definition) is 0. The molecule has 0 unspecified atom stereocenters. The molecule has 0 saturated heterocycles. The number of imidazole rings is 1. The molecule has 1 aromatic carbocycles. The van der Waals surface area contributed by atoms with Gasteiger partial charge >= 0.3 is 0 Å². The average Bonchev–Trinajstić information content (AvgIpc) is 3.36. The molecule has 0 aliphatic heterocycles. The highest BCUT2D eigenvalue weighted by Crippen LogP contribution is 2.32. The van der Waals surface area contributed by atoms with Gasteiger partial charge in [-0.15, -0.1) is 12.4 Å². The van der Waals surface area contributed by atoms with Gasteiger partial charge in [0.15, 0.2) is 5.13 Å². The van der Waals surface area contributed by atoms with E-state index in [2.05, 4.69) is 23.7 Å². The van der Waals surface area contributed by atoms with Crippen molar-refractivity contribution in [1.29, 1.82) is 0 Å². The molecule has 0 bridgehead atoms. The number of carbonyl (C=O) groups excluding carboxylic acids is 1. The van der Waals surface area contributed by atoms with Gasteiger partial charge in [-0.2, -0.15) is 0 Å². The van der Waals surface area contributed by atoms with Crippen molar-refractivity contribution in [3.8, 4) is 5.75 Å². The lowest BCUT2D eigenvalue weighted by atomic mass is 10.3. The zero-order valence-electron chi connectivity index (χ0n) is 19.4. The van der Waals surface area contributed by atoms with Crippen molar-refractivity contribution in [1.82, 2.24) is 19.3 Å². The van der Waals surface area contributed by atoms with Crippen molar-refractivity contribution in [3.05, 3.63) is 54.0 Å². The van der Waals surface area contributed by atoms with E-state index >= 15 is 0 Å². The van der Waals surface area contributed by atoms with Crippen molar-refractivity contribution in [3.63, 3.8) is 0 Å². The number of aryl methyl sites for hydroxylation is 1. The Bertz CT molecular complexity index is 1230. The first kappa shape index (κ1) is 25.0. The Balaban J connectivity index is 0.00000306. The van der Waals surface area contributed by atoms with Gasteiger partial charge in [0.05, 0.1) is 22.5 Å². The van der Waals surface area contributed by atoms with E-state index in [4.69, 9.17) is 9.72 Å². The highest BCUT2D eigenvalue weighted by Gasteiger charge is 2.26. The maximum Gasteiger partial charge on any atom is 0.279 e. The van der Waals surface area contributed by atoms with Crippen LogP contribution in [-0.4, -0.2) is 58.0 Å². The lowest BCUT2D eigenvalue weighted by Gasteiger charge is -2.24. The van der Waals surface area contributed by atoms with Gasteiger partial charge in [-0.3, -0.25) is 14.1 Å². The Morgan fingerprint density at radius 2 is 1.88 bits per heavy atom. The van der Waals surface area contributed by atoms with Crippen LogP contribution in [0.5, 0.6) is 5.75 Å². The third-order valence-corrected chi connectivity index (χ3v) is 6.62. The summed E-state index contributed by atoms with van der Waals surface area (Å²) in [4.78, 5) is 27.4. The fourth-order valence-electron chi connectivity index (χ4n) is 3.83. The molecule has 0 saturated carbocycles. The van der Waals surface area contributed by atoms with Gasteiger partial charge in [-0.1, -0.05) is 31.3 Å². The molecule has 0 spiro atoms. The summed E-state index contributed by atoms with van der Waals surface area (Å²) in [7, 11) is 0. The first-order chi connectivity index (χ1) is 15.5. The molecule has 0 atom stereocenters. The molecule has 0 fully saturated rings. The molecule has 3 aromatic heterocycles.